The molecule has 17 heavy (non-hydrogen) atoms. The summed E-state index contributed by atoms with van der Waals surface area (Å²) in [6.45, 7) is 3.45. The molecule has 1 aromatic heterocycles. The molecule has 1 aliphatic heterocycles. The number of nitrogens with two attached hydrogens (primary N) is 1. The number of rotatable bonds is 2. The van der Waals surface area contributed by atoms with E-state index >= 15 is 0 Å². The lowest BCUT2D eigenvalue weighted by molar-refractivity contribution is 0.136. The molecule has 0 aliphatic carbocycles. The molecule has 0 spiro atoms. The molecule has 1 aromatic rings. The summed E-state index contributed by atoms with van der Waals surface area (Å²) >= 11 is 0. The van der Waals surface area contributed by atoms with Crippen molar-refractivity contribution in [3.8, 4) is 6.07 Å². The highest BCUT2D eigenvalue weighted by Crippen LogP contribution is 2.25. The fourth-order valence-corrected chi connectivity index (χ4v) is 2.11. The Morgan fingerprint density at radius 2 is 2.41 bits per heavy atom. The lowest BCUT2D eigenvalue weighted by Gasteiger charge is -2.18. The summed E-state index contributed by atoms with van der Waals surface area (Å²) in [5, 5.41) is 18.4. The Morgan fingerprint density at radius 1 is 1.65 bits per heavy atom. The third-order valence-electron chi connectivity index (χ3n) is 3.25. The third-order valence-corrected chi connectivity index (χ3v) is 3.25. The molecule has 1 aliphatic rings. The van der Waals surface area contributed by atoms with Gasteiger partial charge in [0.25, 0.3) is 0 Å². The zero-order valence-corrected chi connectivity index (χ0v) is 9.80. The van der Waals surface area contributed by atoms with Gasteiger partial charge in [-0.25, -0.2) is 4.98 Å². The SMILES string of the molecule is CC(O)C1CCN(c2ccc(N)c(C#N)n2)C1. The smallest absolute Gasteiger partial charge is 0.165 e. The Bertz CT molecular complexity index is 452. The Labute approximate surface area is 100 Å². The monoisotopic (exact) mass is 232 g/mol. The van der Waals surface area contributed by atoms with E-state index < -0.39 is 0 Å². The van der Waals surface area contributed by atoms with Gasteiger partial charge in [0, 0.05) is 19.0 Å². The predicted octanol–water partition coefficient (Wildman–Crippen LogP) is 0.743. The van der Waals surface area contributed by atoms with Gasteiger partial charge in [-0.15, -0.1) is 0 Å². The van der Waals surface area contributed by atoms with Gasteiger partial charge < -0.3 is 15.7 Å². The minimum absolute atomic E-state index is 0.267. The second-order valence-electron chi connectivity index (χ2n) is 4.45. The number of nitriles is 1. The van der Waals surface area contributed by atoms with Crippen molar-refractivity contribution in [1.82, 2.24) is 4.98 Å². The molecule has 0 aromatic carbocycles. The van der Waals surface area contributed by atoms with Gasteiger partial charge in [0.2, 0.25) is 0 Å². The number of anilines is 2. The lowest BCUT2D eigenvalue weighted by atomic mass is 10.0. The molecule has 5 nitrogen and oxygen atoms in total. The lowest BCUT2D eigenvalue weighted by Crippen LogP contribution is -2.24. The topological polar surface area (TPSA) is 86.2 Å². The van der Waals surface area contributed by atoms with Crippen molar-refractivity contribution >= 4 is 11.5 Å². The van der Waals surface area contributed by atoms with Gasteiger partial charge in [0.1, 0.15) is 11.9 Å². The normalized spacial score (nSPS) is 21.2. The van der Waals surface area contributed by atoms with Crippen LogP contribution in [0.5, 0.6) is 0 Å². The average Bonchev–Trinajstić information content (AvgIpc) is 2.79. The van der Waals surface area contributed by atoms with Crippen LogP contribution in [0.4, 0.5) is 11.5 Å². The van der Waals surface area contributed by atoms with Crippen molar-refractivity contribution in [1.29, 1.82) is 5.26 Å². The molecule has 0 saturated carbocycles. The Morgan fingerprint density at radius 3 is 3.00 bits per heavy atom. The largest absolute Gasteiger partial charge is 0.396 e. The molecular formula is C12H16N4O. The van der Waals surface area contributed by atoms with Crippen LogP contribution in [0.15, 0.2) is 12.1 Å². The van der Waals surface area contributed by atoms with E-state index in [-0.39, 0.29) is 17.7 Å². The van der Waals surface area contributed by atoms with Gasteiger partial charge >= 0.3 is 0 Å². The van der Waals surface area contributed by atoms with Crippen molar-refractivity contribution < 1.29 is 5.11 Å². The van der Waals surface area contributed by atoms with Crippen LogP contribution in [0.25, 0.3) is 0 Å². The van der Waals surface area contributed by atoms with E-state index in [1.165, 1.54) is 0 Å². The standard InChI is InChI=1S/C12H16N4O/c1-8(17)9-4-5-16(7-9)12-3-2-10(14)11(6-13)15-12/h2-3,8-9,17H,4-5,7,14H2,1H3. The second-order valence-corrected chi connectivity index (χ2v) is 4.45. The predicted molar refractivity (Wildman–Crippen MR) is 65.4 cm³/mol. The van der Waals surface area contributed by atoms with Gasteiger partial charge in [-0.2, -0.15) is 5.26 Å². The highest BCUT2D eigenvalue weighted by atomic mass is 16.3. The van der Waals surface area contributed by atoms with E-state index in [0.29, 0.717) is 5.69 Å². The first-order valence-corrected chi connectivity index (χ1v) is 5.71. The summed E-state index contributed by atoms with van der Waals surface area (Å²) in [5.74, 6) is 1.04. The van der Waals surface area contributed by atoms with E-state index in [9.17, 15) is 5.11 Å². The van der Waals surface area contributed by atoms with Crippen LogP contribution >= 0.6 is 0 Å². The van der Waals surface area contributed by atoms with Crippen molar-refractivity contribution in [2.24, 2.45) is 5.92 Å². The number of nitrogens with zero attached hydrogens (tertiary/aromatic N) is 3. The van der Waals surface area contributed by atoms with Crippen LogP contribution in [0.1, 0.15) is 19.0 Å². The summed E-state index contributed by atoms with van der Waals surface area (Å²) in [6, 6.07) is 5.51. The van der Waals surface area contributed by atoms with Crippen LogP contribution in [0.3, 0.4) is 0 Å². The fourth-order valence-electron chi connectivity index (χ4n) is 2.11. The molecule has 3 N–H and O–H groups in total. The number of nitrogen functional groups attached to an aromatic ring is 1. The van der Waals surface area contributed by atoms with E-state index in [0.717, 1.165) is 25.3 Å². The van der Waals surface area contributed by atoms with Crippen LogP contribution < -0.4 is 10.6 Å². The van der Waals surface area contributed by atoms with Gasteiger partial charge in [-0.3, -0.25) is 0 Å². The average molecular weight is 232 g/mol. The number of aromatic nitrogens is 1. The number of aliphatic hydroxyl groups excluding tert-OH is 1. The fraction of sp³-hybridized carbons (Fsp3) is 0.500. The minimum Gasteiger partial charge on any atom is -0.396 e. The van der Waals surface area contributed by atoms with Crippen molar-refractivity contribution in [3.05, 3.63) is 17.8 Å². The first-order valence-electron chi connectivity index (χ1n) is 5.71. The summed E-state index contributed by atoms with van der Waals surface area (Å²) < 4.78 is 0. The van der Waals surface area contributed by atoms with Crippen LogP contribution in [0, 0.1) is 17.2 Å². The highest BCUT2D eigenvalue weighted by Gasteiger charge is 2.26. The van der Waals surface area contributed by atoms with Crippen LogP contribution in [0.2, 0.25) is 0 Å². The summed E-state index contributed by atoms with van der Waals surface area (Å²) in [7, 11) is 0. The summed E-state index contributed by atoms with van der Waals surface area (Å²) in [6.07, 6.45) is 0.648. The molecule has 90 valence electrons. The molecule has 2 heterocycles. The van der Waals surface area contributed by atoms with Crippen molar-refractivity contribution in [2.75, 3.05) is 23.7 Å². The highest BCUT2D eigenvalue weighted by molar-refractivity contribution is 5.55. The number of hydrogen-bond donors (Lipinski definition) is 2. The third kappa shape index (κ3) is 2.32. The Hall–Kier alpha value is -1.80. The number of aliphatic hydroxyl groups is 1. The first-order chi connectivity index (χ1) is 8.11. The quantitative estimate of drug-likeness (QED) is 0.785. The molecule has 5 heteroatoms. The molecular weight excluding hydrogens is 216 g/mol. The molecule has 0 amide bonds. The van der Waals surface area contributed by atoms with E-state index in [2.05, 4.69) is 9.88 Å². The van der Waals surface area contributed by atoms with Gasteiger partial charge in [0.05, 0.1) is 11.8 Å². The second kappa shape index (κ2) is 4.60. The summed E-state index contributed by atoms with van der Waals surface area (Å²) in [5.41, 5.74) is 6.30. The van der Waals surface area contributed by atoms with Gasteiger partial charge in [0.15, 0.2) is 5.69 Å². The zero-order chi connectivity index (χ0) is 12.4. The molecule has 1 fully saturated rings. The van der Waals surface area contributed by atoms with Crippen molar-refractivity contribution in [3.63, 3.8) is 0 Å². The minimum atomic E-state index is -0.302. The van der Waals surface area contributed by atoms with E-state index in [1.807, 2.05) is 19.1 Å². The van der Waals surface area contributed by atoms with E-state index in [4.69, 9.17) is 11.0 Å². The molecule has 2 unspecified atom stereocenters. The molecule has 2 atom stereocenters. The molecule has 0 bridgehead atoms. The van der Waals surface area contributed by atoms with Crippen LogP contribution in [-0.2, 0) is 0 Å². The van der Waals surface area contributed by atoms with Gasteiger partial charge in [-0.1, -0.05) is 0 Å². The van der Waals surface area contributed by atoms with Crippen LogP contribution in [-0.4, -0.2) is 29.3 Å². The molecule has 1 saturated heterocycles. The molecule has 0 radical (unpaired) electrons. The van der Waals surface area contributed by atoms with E-state index in [1.54, 1.807) is 6.07 Å². The number of pyridine rings is 1. The summed E-state index contributed by atoms with van der Waals surface area (Å²) in [4.78, 5) is 6.31. The zero-order valence-electron chi connectivity index (χ0n) is 9.80. The Kier molecular flexibility index (Phi) is 3.16. The Balaban J connectivity index is 2.17. The maximum atomic E-state index is 9.54. The maximum absolute atomic E-state index is 9.54. The van der Waals surface area contributed by atoms with Gasteiger partial charge in [-0.05, 0) is 25.5 Å². The number of hydrogen-bond acceptors (Lipinski definition) is 5. The molecule has 2 rings (SSSR count). The maximum Gasteiger partial charge on any atom is 0.165 e. The van der Waals surface area contributed by atoms with Crippen molar-refractivity contribution in [2.45, 2.75) is 19.4 Å². The first kappa shape index (κ1) is 11.7.